The summed E-state index contributed by atoms with van der Waals surface area (Å²) in [6.07, 6.45) is 1.22. The maximum absolute atomic E-state index is 12.8. The second-order valence-electron chi connectivity index (χ2n) is 5.64. The van der Waals surface area contributed by atoms with Gasteiger partial charge in [-0.05, 0) is 29.7 Å². The van der Waals surface area contributed by atoms with Crippen LogP contribution in [0.15, 0.2) is 64.2 Å². The summed E-state index contributed by atoms with van der Waals surface area (Å²) in [5, 5.41) is 11.1. The Labute approximate surface area is 155 Å². The first kappa shape index (κ1) is 18.1. The van der Waals surface area contributed by atoms with Gasteiger partial charge in [-0.1, -0.05) is 54.2 Å². The number of rotatable bonds is 8. The Balaban J connectivity index is 1.38. The van der Waals surface area contributed by atoms with Crippen molar-refractivity contribution in [2.45, 2.75) is 18.1 Å². The maximum Gasteiger partial charge on any atom is 0.277 e. The van der Waals surface area contributed by atoms with E-state index in [2.05, 4.69) is 15.5 Å². The topological polar surface area (TPSA) is 68.0 Å². The van der Waals surface area contributed by atoms with Crippen molar-refractivity contribution in [1.29, 1.82) is 0 Å². The number of carbonyl (C=O) groups is 1. The molecule has 3 rings (SSSR count). The van der Waals surface area contributed by atoms with Crippen LogP contribution in [0.25, 0.3) is 0 Å². The first-order chi connectivity index (χ1) is 12.7. The molecule has 0 fully saturated rings. The molecule has 1 N–H and O–H groups in total. The predicted molar refractivity (Wildman–Crippen MR) is 97.4 cm³/mol. The Hall–Kier alpha value is -2.67. The summed E-state index contributed by atoms with van der Waals surface area (Å²) < 4.78 is 18.4. The standard InChI is InChI=1S/C19H18FN3O2S/c20-16-8-6-14(7-9-16)10-11-21-17(24)13-26-19-23-22-18(25-19)12-15-4-2-1-3-5-15/h1-9H,10-13H2,(H,21,24). The zero-order valence-corrected chi connectivity index (χ0v) is 14.8. The lowest BCUT2D eigenvalue weighted by Crippen LogP contribution is -2.27. The van der Waals surface area contributed by atoms with Crippen molar-refractivity contribution in [1.82, 2.24) is 15.5 Å². The number of thioether (sulfide) groups is 1. The number of amides is 1. The number of carbonyl (C=O) groups excluding carboxylic acids is 1. The fourth-order valence-electron chi connectivity index (χ4n) is 2.31. The third kappa shape index (κ3) is 5.70. The van der Waals surface area contributed by atoms with E-state index in [1.54, 1.807) is 12.1 Å². The van der Waals surface area contributed by atoms with Gasteiger partial charge in [0.2, 0.25) is 11.8 Å². The van der Waals surface area contributed by atoms with E-state index in [4.69, 9.17) is 4.42 Å². The average Bonchev–Trinajstić information content (AvgIpc) is 3.10. The smallest absolute Gasteiger partial charge is 0.277 e. The molecule has 1 aromatic heterocycles. The van der Waals surface area contributed by atoms with Crippen molar-refractivity contribution in [2.24, 2.45) is 0 Å². The summed E-state index contributed by atoms with van der Waals surface area (Å²) >= 11 is 1.21. The fraction of sp³-hybridized carbons (Fsp3) is 0.211. The van der Waals surface area contributed by atoms with E-state index >= 15 is 0 Å². The first-order valence-electron chi connectivity index (χ1n) is 8.19. The average molecular weight is 371 g/mol. The molecular weight excluding hydrogens is 353 g/mol. The van der Waals surface area contributed by atoms with Gasteiger partial charge in [-0.25, -0.2) is 4.39 Å². The van der Waals surface area contributed by atoms with Gasteiger partial charge >= 0.3 is 0 Å². The number of hydrogen-bond acceptors (Lipinski definition) is 5. The SMILES string of the molecule is O=C(CSc1nnc(Cc2ccccc2)o1)NCCc1ccc(F)cc1. The third-order valence-corrected chi connectivity index (χ3v) is 4.44. The summed E-state index contributed by atoms with van der Waals surface area (Å²) in [6.45, 7) is 0.494. The van der Waals surface area contributed by atoms with Gasteiger partial charge in [-0.2, -0.15) is 0 Å². The largest absolute Gasteiger partial charge is 0.416 e. The zero-order chi connectivity index (χ0) is 18.2. The Morgan fingerprint density at radius 3 is 2.58 bits per heavy atom. The molecule has 0 unspecified atom stereocenters. The van der Waals surface area contributed by atoms with Crippen LogP contribution in [0.2, 0.25) is 0 Å². The minimum atomic E-state index is -0.264. The van der Waals surface area contributed by atoms with E-state index in [0.29, 0.717) is 30.5 Å². The van der Waals surface area contributed by atoms with Crippen molar-refractivity contribution < 1.29 is 13.6 Å². The highest BCUT2D eigenvalue weighted by Gasteiger charge is 2.10. The van der Waals surface area contributed by atoms with Crippen molar-refractivity contribution in [3.63, 3.8) is 0 Å². The molecule has 0 bridgehead atoms. The molecule has 0 aliphatic carbocycles. The van der Waals surface area contributed by atoms with E-state index in [-0.39, 0.29) is 17.5 Å². The predicted octanol–water partition coefficient (Wildman–Crippen LogP) is 3.25. The van der Waals surface area contributed by atoms with Crippen LogP contribution in [-0.4, -0.2) is 28.4 Å². The minimum Gasteiger partial charge on any atom is -0.416 e. The molecule has 3 aromatic rings. The van der Waals surface area contributed by atoms with Crippen molar-refractivity contribution >= 4 is 17.7 Å². The lowest BCUT2D eigenvalue weighted by molar-refractivity contribution is -0.118. The molecule has 0 radical (unpaired) electrons. The molecule has 26 heavy (non-hydrogen) atoms. The number of halogens is 1. The lowest BCUT2D eigenvalue weighted by atomic mass is 10.1. The molecule has 2 aromatic carbocycles. The van der Waals surface area contributed by atoms with Crippen LogP contribution in [0.4, 0.5) is 4.39 Å². The van der Waals surface area contributed by atoms with Crippen molar-refractivity contribution in [3.05, 3.63) is 77.4 Å². The molecule has 0 spiro atoms. The van der Waals surface area contributed by atoms with Crippen LogP contribution in [-0.2, 0) is 17.6 Å². The minimum absolute atomic E-state index is 0.111. The van der Waals surface area contributed by atoms with E-state index < -0.39 is 0 Å². The summed E-state index contributed by atoms with van der Waals surface area (Å²) in [7, 11) is 0. The number of nitrogens with one attached hydrogen (secondary N) is 1. The molecule has 1 heterocycles. The Kier molecular flexibility index (Phi) is 6.38. The van der Waals surface area contributed by atoms with E-state index in [0.717, 1.165) is 11.1 Å². The summed E-state index contributed by atoms with van der Waals surface area (Å²) in [6, 6.07) is 16.1. The van der Waals surface area contributed by atoms with Gasteiger partial charge in [-0.3, -0.25) is 4.79 Å². The van der Waals surface area contributed by atoms with Gasteiger partial charge in [0, 0.05) is 6.54 Å². The van der Waals surface area contributed by atoms with Crippen LogP contribution in [0.5, 0.6) is 0 Å². The highest BCUT2D eigenvalue weighted by molar-refractivity contribution is 7.99. The normalized spacial score (nSPS) is 10.7. The lowest BCUT2D eigenvalue weighted by Gasteiger charge is -2.04. The Morgan fingerprint density at radius 1 is 1.04 bits per heavy atom. The molecule has 5 nitrogen and oxygen atoms in total. The highest BCUT2D eigenvalue weighted by Crippen LogP contribution is 2.17. The zero-order valence-electron chi connectivity index (χ0n) is 14.0. The van der Waals surface area contributed by atoms with Crippen LogP contribution >= 0.6 is 11.8 Å². The van der Waals surface area contributed by atoms with Crippen LogP contribution in [0.1, 0.15) is 17.0 Å². The first-order valence-corrected chi connectivity index (χ1v) is 9.18. The van der Waals surface area contributed by atoms with Crippen LogP contribution < -0.4 is 5.32 Å². The van der Waals surface area contributed by atoms with Gasteiger partial charge in [0.1, 0.15) is 5.82 Å². The number of nitrogens with zero attached hydrogens (tertiary/aromatic N) is 2. The van der Waals surface area contributed by atoms with Crippen LogP contribution in [0.3, 0.4) is 0 Å². The molecule has 0 aliphatic rings. The molecule has 134 valence electrons. The van der Waals surface area contributed by atoms with Gasteiger partial charge < -0.3 is 9.73 Å². The molecule has 0 atom stereocenters. The summed E-state index contributed by atoms with van der Waals surface area (Å²) in [5.41, 5.74) is 2.06. The molecule has 0 saturated carbocycles. The third-order valence-electron chi connectivity index (χ3n) is 3.62. The van der Waals surface area contributed by atoms with E-state index in [1.165, 1.54) is 23.9 Å². The quantitative estimate of drug-likeness (QED) is 0.616. The molecule has 0 saturated heterocycles. The molecule has 7 heteroatoms. The number of aromatic nitrogens is 2. The van der Waals surface area contributed by atoms with Gasteiger partial charge in [-0.15, -0.1) is 10.2 Å². The molecule has 1 amide bonds. The monoisotopic (exact) mass is 371 g/mol. The number of benzene rings is 2. The summed E-state index contributed by atoms with van der Waals surface area (Å²) in [5.74, 6) is 0.354. The number of hydrogen-bond donors (Lipinski definition) is 1. The van der Waals surface area contributed by atoms with Gasteiger partial charge in [0.25, 0.3) is 5.22 Å². The maximum atomic E-state index is 12.8. The van der Waals surface area contributed by atoms with Gasteiger partial charge in [0.15, 0.2) is 0 Å². The van der Waals surface area contributed by atoms with Crippen molar-refractivity contribution in [2.75, 3.05) is 12.3 Å². The fourth-order valence-corrected chi connectivity index (χ4v) is 2.92. The molecular formula is C19H18FN3O2S. The Bertz CT molecular complexity index is 838. The summed E-state index contributed by atoms with van der Waals surface area (Å²) in [4.78, 5) is 11.9. The second-order valence-corrected chi connectivity index (χ2v) is 6.57. The second kappa shape index (κ2) is 9.15. The van der Waals surface area contributed by atoms with Gasteiger partial charge in [0.05, 0.1) is 12.2 Å². The Morgan fingerprint density at radius 2 is 1.81 bits per heavy atom. The van der Waals surface area contributed by atoms with Crippen LogP contribution in [0, 0.1) is 5.82 Å². The highest BCUT2D eigenvalue weighted by atomic mass is 32.2. The van der Waals surface area contributed by atoms with E-state index in [1.807, 2.05) is 30.3 Å². The van der Waals surface area contributed by atoms with E-state index in [9.17, 15) is 9.18 Å². The van der Waals surface area contributed by atoms with Crippen molar-refractivity contribution in [3.8, 4) is 0 Å². The molecule has 0 aliphatic heterocycles.